The lowest BCUT2D eigenvalue weighted by molar-refractivity contribution is 0.297. The molecular formula is C18H41N3. The van der Waals surface area contributed by atoms with Crippen LogP contribution in [0.15, 0.2) is 0 Å². The molecule has 0 aliphatic carbocycles. The number of hydrogen-bond acceptors (Lipinski definition) is 3. The molecule has 128 valence electrons. The Morgan fingerprint density at radius 1 is 0.667 bits per heavy atom. The Balaban J connectivity index is 4.52. The Kier molecular flexibility index (Phi) is 13.5. The molecule has 3 nitrogen and oxygen atoms in total. The highest BCUT2D eigenvalue weighted by Crippen LogP contribution is 2.14. The summed E-state index contributed by atoms with van der Waals surface area (Å²) in [5, 5.41) is 3.82. The lowest BCUT2D eigenvalue weighted by Crippen LogP contribution is -2.54. The van der Waals surface area contributed by atoms with Gasteiger partial charge in [-0.15, -0.1) is 0 Å². The molecule has 0 aromatic rings. The van der Waals surface area contributed by atoms with Gasteiger partial charge in [-0.3, -0.25) is 0 Å². The van der Waals surface area contributed by atoms with E-state index < -0.39 is 0 Å². The van der Waals surface area contributed by atoms with Gasteiger partial charge in [0.2, 0.25) is 0 Å². The van der Waals surface area contributed by atoms with Crippen molar-refractivity contribution in [2.45, 2.75) is 116 Å². The molecule has 0 heterocycles. The minimum Gasteiger partial charge on any atom is -0.326 e. The number of unbranched alkanes of at least 4 members (excludes halogenated alkanes) is 4. The highest BCUT2D eigenvalue weighted by molar-refractivity contribution is 4.86. The first-order valence-electron chi connectivity index (χ1n) is 9.37. The van der Waals surface area contributed by atoms with Crippen LogP contribution >= 0.6 is 0 Å². The summed E-state index contributed by atoms with van der Waals surface area (Å²) < 4.78 is 0. The lowest BCUT2D eigenvalue weighted by Gasteiger charge is -2.32. The van der Waals surface area contributed by atoms with Gasteiger partial charge in [0, 0.05) is 24.2 Å². The summed E-state index contributed by atoms with van der Waals surface area (Å²) in [4.78, 5) is 0. The molecule has 0 saturated heterocycles. The van der Waals surface area contributed by atoms with Gasteiger partial charge in [0.15, 0.2) is 0 Å². The maximum Gasteiger partial charge on any atom is 0.0222 e. The molecule has 0 spiro atoms. The fourth-order valence-corrected chi connectivity index (χ4v) is 2.91. The summed E-state index contributed by atoms with van der Waals surface area (Å²) in [6.07, 6.45) is 12.1. The van der Waals surface area contributed by atoms with Crippen LogP contribution in [-0.4, -0.2) is 24.2 Å². The molecule has 3 heteroatoms. The lowest BCUT2D eigenvalue weighted by atomic mass is 9.94. The first kappa shape index (κ1) is 20.9. The molecule has 0 bridgehead atoms. The van der Waals surface area contributed by atoms with Crippen LogP contribution in [-0.2, 0) is 0 Å². The third kappa shape index (κ3) is 9.49. The van der Waals surface area contributed by atoms with Crippen molar-refractivity contribution in [2.75, 3.05) is 0 Å². The average Bonchev–Trinajstić information content (AvgIpc) is 2.51. The van der Waals surface area contributed by atoms with Crippen molar-refractivity contribution in [1.82, 2.24) is 5.32 Å². The van der Waals surface area contributed by atoms with Gasteiger partial charge in [0.05, 0.1) is 0 Å². The van der Waals surface area contributed by atoms with Crippen LogP contribution < -0.4 is 16.8 Å². The summed E-state index contributed by atoms with van der Waals surface area (Å²) in [5.41, 5.74) is 12.7. The largest absolute Gasteiger partial charge is 0.326 e. The maximum absolute atomic E-state index is 6.34. The monoisotopic (exact) mass is 299 g/mol. The van der Waals surface area contributed by atoms with Crippen LogP contribution in [0.1, 0.15) is 91.9 Å². The van der Waals surface area contributed by atoms with Gasteiger partial charge < -0.3 is 16.8 Å². The van der Waals surface area contributed by atoms with E-state index in [-0.39, 0.29) is 12.1 Å². The van der Waals surface area contributed by atoms with E-state index in [0.29, 0.717) is 12.1 Å². The van der Waals surface area contributed by atoms with E-state index in [1.807, 2.05) is 0 Å². The van der Waals surface area contributed by atoms with Gasteiger partial charge in [-0.2, -0.15) is 0 Å². The van der Waals surface area contributed by atoms with E-state index in [1.165, 1.54) is 51.4 Å². The zero-order valence-electron chi connectivity index (χ0n) is 15.0. The first-order valence-corrected chi connectivity index (χ1v) is 9.37. The summed E-state index contributed by atoms with van der Waals surface area (Å²) in [7, 11) is 0. The second-order valence-corrected chi connectivity index (χ2v) is 6.52. The number of nitrogens with one attached hydrogen (secondary N) is 1. The fraction of sp³-hybridized carbons (Fsp3) is 1.00. The molecule has 0 aliphatic heterocycles. The molecule has 0 rings (SSSR count). The predicted octanol–water partition coefficient (Wildman–Crippen LogP) is 3.95. The van der Waals surface area contributed by atoms with Crippen LogP contribution in [0.5, 0.6) is 0 Å². The van der Waals surface area contributed by atoms with Crippen LogP contribution in [0.3, 0.4) is 0 Å². The van der Waals surface area contributed by atoms with Gasteiger partial charge in [0.25, 0.3) is 0 Å². The van der Waals surface area contributed by atoms with Crippen molar-refractivity contribution in [2.24, 2.45) is 11.5 Å². The minimum absolute atomic E-state index is 0.250. The van der Waals surface area contributed by atoms with Crippen LogP contribution in [0.2, 0.25) is 0 Å². The fourth-order valence-electron chi connectivity index (χ4n) is 2.91. The van der Waals surface area contributed by atoms with Crippen molar-refractivity contribution in [3.63, 3.8) is 0 Å². The Bertz CT molecular complexity index is 199. The van der Waals surface area contributed by atoms with E-state index in [0.717, 1.165) is 12.8 Å². The Morgan fingerprint density at radius 3 is 1.33 bits per heavy atom. The van der Waals surface area contributed by atoms with E-state index in [9.17, 15) is 0 Å². The third-order valence-corrected chi connectivity index (χ3v) is 4.64. The summed E-state index contributed by atoms with van der Waals surface area (Å²) in [6, 6.07) is 1.34. The van der Waals surface area contributed by atoms with Crippen molar-refractivity contribution in [3.8, 4) is 0 Å². The summed E-state index contributed by atoms with van der Waals surface area (Å²) >= 11 is 0. The third-order valence-electron chi connectivity index (χ3n) is 4.64. The van der Waals surface area contributed by atoms with Crippen LogP contribution in [0, 0.1) is 0 Å². The molecule has 0 aromatic carbocycles. The molecule has 5 N–H and O–H groups in total. The topological polar surface area (TPSA) is 64.1 Å². The van der Waals surface area contributed by atoms with E-state index in [4.69, 9.17) is 11.5 Å². The Hall–Kier alpha value is -0.120. The molecule has 0 amide bonds. The highest BCUT2D eigenvalue weighted by atomic mass is 15.0. The number of nitrogens with two attached hydrogens (primary N) is 2. The second-order valence-electron chi connectivity index (χ2n) is 6.52. The minimum atomic E-state index is 0.250. The van der Waals surface area contributed by atoms with Crippen LogP contribution in [0.4, 0.5) is 0 Å². The molecule has 0 radical (unpaired) electrons. The van der Waals surface area contributed by atoms with Crippen molar-refractivity contribution < 1.29 is 0 Å². The van der Waals surface area contributed by atoms with Crippen LogP contribution in [0.25, 0.3) is 0 Å². The first-order chi connectivity index (χ1) is 10.1. The molecule has 0 aromatic heterocycles. The number of hydrogen-bond donors (Lipinski definition) is 3. The molecule has 4 atom stereocenters. The summed E-state index contributed by atoms with van der Waals surface area (Å²) in [6.45, 7) is 8.88. The zero-order chi connectivity index (χ0) is 16.1. The van der Waals surface area contributed by atoms with E-state index >= 15 is 0 Å². The maximum atomic E-state index is 6.34. The normalized spacial score (nSPS) is 17.4. The second kappa shape index (κ2) is 13.5. The number of rotatable bonds is 14. The highest BCUT2D eigenvalue weighted by Gasteiger charge is 2.23. The smallest absolute Gasteiger partial charge is 0.0222 e. The Morgan fingerprint density at radius 2 is 1.05 bits per heavy atom. The molecular weight excluding hydrogens is 258 g/mol. The summed E-state index contributed by atoms with van der Waals surface area (Å²) in [5.74, 6) is 0. The van der Waals surface area contributed by atoms with Gasteiger partial charge in [-0.05, 0) is 25.7 Å². The van der Waals surface area contributed by atoms with Crippen molar-refractivity contribution >= 4 is 0 Å². The van der Waals surface area contributed by atoms with Crippen molar-refractivity contribution in [3.05, 3.63) is 0 Å². The quantitative estimate of drug-likeness (QED) is 0.426. The van der Waals surface area contributed by atoms with E-state index in [1.54, 1.807) is 0 Å². The molecule has 0 fully saturated rings. The molecule has 21 heavy (non-hydrogen) atoms. The Labute approximate surface area is 133 Å². The van der Waals surface area contributed by atoms with Gasteiger partial charge in [0.1, 0.15) is 0 Å². The van der Waals surface area contributed by atoms with Gasteiger partial charge in [-0.25, -0.2) is 0 Å². The standard InChI is InChI=1S/C18H41N3/c1-5-9-11-13-17(15(19)7-3)21-18(16(20)8-4)14-12-10-6-2/h15-18,21H,5-14,19-20H2,1-4H3. The van der Waals surface area contributed by atoms with E-state index in [2.05, 4.69) is 33.0 Å². The zero-order valence-corrected chi connectivity index (χ0v) is 15.0. The van der Waals surface area contributed by atoms with Crippen molar-refractivity contribution in [1.29, 1.82) is 0 Å². The predicted molar refractivity (Wildman–Crippen MR) is 95.5 cm³/mol. The van der Waals surface area contributed by atoms with Gasteiger partial charge >= 0.3 is 0 Å². The average molecular weight is 300 g/mol. The molecule has 4 unspecified atom stereocenters. The SMILES string of the molecule is CCCCCC(NC(CCCCC)C(N)CC)C(N)CC. The van der Waals surface area contributed by atoms with Gasteiger partial charge in [-0.1, -0.05) is 66.2 Å². The molecule has 0 aliphatic rings. The molecule has 0 saturated carbocycles.